The number of nitrogens with one attached hydrogen (secondary N) is 1. The molecule has 0 aliphatic carbocycles. The molecule has 0 aliphatic rings. The van der Waals surface area contributed by atoms with Gasteiger partial charge in [-0.2, -0.15) is 0 Å². The molecular formula is C14H14N2O2. The summed E-state index contributed by atoms with van der Waals surface area (Å²) in [6.07, 6.45) is 0. The van der Waals surface area contributed by atoms with E-state index in [1.165, 1.54) is 6.07 Å². The zero-order valence-corrected chi connectivity index (χ0v) is 9.97. The molecule has 0 aromatic heterocycles. The maximum Gasteiger partial charge on any atom is 0.259 e. The van der Waals surface area contributed by atoms with E-state index >= 15 is 0 Å². The lowest BCUT2D eigenvalue weighted by Gasteiger charge is -2.09. The van der Waals surface area contributed by atoms with Crippen molar-refractivity contribution in [2.24, 2.45) is 0 Å². The Bertz CT molecular complexity index is 594. The van der Waals surface area contributed by atoms with Crippen LogP contribution in [0.4, 0.5) is 11.4 Å². The minimum absolute atomic E-state index is 0.0544. The van der Waals surface area contributed by atoms with Gasteiger partial charge in [-0.25, -0.2) is 0 Å². The molecule has 4 N–H and O–H groups in total. The Kier molecular flexibility index (Phi) is 3.19. The van der Waals surface area contributed by atoms with Crippen LogP contribution in [0.3, 0.4) is 0 Å². The molecule has 4 nitrogen and oxygen atoms in total. The first-order chi connectivity index (χ1) is 8.58. The largest absolute Gasteiger partial charge is 0.507 e. The fraction of sp³-hybridized carbons (Fsp3) is 0.0714. The van der Waals surface area contributed by atoms with E-state index in [1.807, 2.05) is 13.0 Å². The Morgan fingerprint density at radius 1 is 1.22 bits per heavy atom. The van der Waals surface area contributed by atoms with E-state index in [1.54, 1.807) is 30.3 Å². The summed E-state index contributed by atoms with van der Waals surface area (Å²) in [5, 5.41) is 12.3. The molecule has 2 rings (SSSR count). The summed E-state index contributed by atoms with van der Waals surface area (Å²) in [4.78, 5) is 12.0. The van der Waals surface area contributed by atoms with Gasteiger partial charge in [-0.15, -0.1) is 0 Å². The number of rotatable bonds is 2. The standard InChI is InChI=1S/C14H14N2O2/c1-9-6-7-11(15)12(8-9)16-14(18)10-4-2-3-5-13(10)17/h2-8,17H,15H2,1H3,(H,16,18). The van der Waals surface area contributed by atoms with E-state index < -0.39 is 0 Å². The average Bonchev–Trinajstić information content (AvgIpc) is 2.34. The van der Waals surface area contributed by atoms with Crippen LogP contribution in [0.1, 0.15) is 15.9 Å². The molecule has 0 saturated heterocycles. The second-order valence-electron chi connectivity index (χ2n) is 4.06. The molecule has 0 fully saturated rings. The van der Waals surface area contributed by atoms with Crippen molar-refractivity contribution in [3.05, 3.63) is 53.6 Å². The van der Waals surface area contributed by atoms with Gasteiger partial charge in [0.2, 0.25) is 0 Å². The Morgan fingerprint density at radius 2 is 1.94 bits per heavy atom. The van der Waals surface area contributed by atoms with Gasteiger partial charge in [-0.05, 0) is 36.8 Å². The fourth-order valence-corrected chi connectivity index (χ4v) is 1.63. The average molecular weight is 242 g/mol. The minimum atomic E-state index is -0.384. The number of hydrogen-bond acceptors (Lipinski definition) is 3. The Morgan fingerprint density at radius 3 is 2.67 bits per heavy atom. The molecule has 18 heavy (non-hydrogen) atoms. The predicted molar refractivity (Wildman–Crippen MR) is 71.7 cm³/mol. The van der Waals surface area contributed by atoms with E-state index in [-0.39, 0.29) is 17.2 Å². The lowest BCUT2D eigenvalue weighted by atomic mass is 10.1. The lowest BCUT2D eigenvalue weighted by Crippen LogP contribution is -2.13. The van der Waals surface area contributed by atoms with Crippen LogP contribution in [0.2, 0.25) is 0 Å². The van der Waals surface area contributed by atoms with Crippen molar-refractivity contribution < 1.29 is 9.90 Å². The molecule has 4 heteroatoms. The maximum absolute atomic E-state index is 12.0. The maximum atomic E-state index is 12.0. The summed E-state index contributed by atoms with van der Waals surface area (Å²) in [7, 11) is 0. The molecule has 0 heterocycles. The summed E-state index contributed by atoms with van der Waals surface area (Å²) in [6, 6.07) is 11.8. The smallest absolute Gasteiger partial charge is 0.259 e. The molecule has 92 valence electrons. The molecule has 0 atom stereocenters. The van der Waals surface area contributed by atoms with Crippen molar-refractivity contribution in [3.63, 3.8) is 0 Å². The zero-order chi connectivity index (χ0) is 13.1. The number of carbonyl (C=O) groups excluding carboxylic acids is 1. The van der Waals surface area contributed by atoms with Crippen LogP contribution in [0.25, 0.3) is 0 Å². The quantitative estimate of drug-likeness (QED) is 0.708. The number of benzene rings is 2. The summed E-state index contributed by atoms with van der Waals surface area (Å²) in [5.74, 6) is -0.438. The number of amides is 1. The molecular weight excluding hydrogens is 228 g/mol. The normalized spacial score (nSPS) is 10.1. The Balaban J connectivity index is 2.27. The van der Waals surface area contributed by atoms with Gasteiger partial charge in [-0.1, -0.05) is 18.2 Å². The van der Waals surface area contributed by atoms with E-state index in [4.69, 9.17) is 5.73 Å². The number of carbonyl (C=O) groups is 1. The molecule has 2 aromatic carbocycles. The van der Waals surface area contributed by atoms with E-state index in [2.05, 4.69) is 5.32 Å². The van der Waals surface area contributed by atoms with Crippen molar-refractivity contribution in [1.82, 2.24) is 0 Å². The van der Waals surface area contributed by atoms with E-state index in [0.717, 1.165) is 5.56 Å². The summed E-state index contributed by atoms with van der Waals surface area (Å²) >= 11 is 0. The van der Waals surface area contributed by atoms with Crippen LogP contribution < -0.4 is 11.1 Å². The first-order valence-electron chi connectivity index (χ1n) is 5.53. The highest BCUT2D eigenvalue weighted by Gasteiger charge is 2.11. The van der Waals surface area contributed by atoms with Crippen molar-refractivity contribution in [2.75, 3.05) is 11.1 Å². The van der Waals surface area contributed by atoms with Gasteiger partial charge in [0, 0.05) is 0 Å². The lowest BCUT2D eigenvalue weighted by molar-refractivity contribution is 0.102. The minimum Gasteiger partial charge on any atom is -0.507 e. The third-order valence-electron chi connectivity index (χ3n) is 2.61. The number of hydrogen-bond donors (Lipinski definition) is 3. The van der Waals surface area contributed by atoms with Crippen LogP contribution in [-0.4, -0.2) is 11.0 Å². The molecule has 0 unspecified atom stereocenters. The monoisotopic (exact) mass is 242 g/mol. The number of phenolic OH excluding ortho intramolecular Hbond substituents is 1. The Hall–Kier alpha value is -2.49. The topological polar surface area (TPSA) is 75.3 Å². The summed E-state index contributed by atoms with van der Waals surface area (Å²) in [5.41, 5.74) is 8.03. The summed E-state index contributed by atoms with van der Waals surface area (Å²) in [6.45, 7) is 1.91. The van der Waals surface area contributed by atoms with Gasteiger partial charge in [0.25, 0.3) is 5.91 Å². The number of aromatic hydroxyl groups is 1. The van der Waals surface area contributed by atoms with Crippen LogP contribution >= 0.6 is 0 Å². The molecule has 0 bridgehead atoms. The van der Waals surface area contributed by atoms with Gasteiger partial charge in [0.15, 0.2) is 0 Å². The SMILES string of the molecule is Cc1ccc(N)c(NC(=O)c2ccccc2O)c1. The van der Waals surface area contributed by atoms with Crippen LogP contribution in [-0.2, 0) is 0 Å². The molecule has 0 radical (unpaired) electrons. The van der Waals surface area contributed by atoms with Gasteiger partial charge in [0.05, 0.1) is 16.9 Å². The number of nitrogen functional groups attached to an aromatic ring is 1. The van der Waals surface area contributed by atoms with Crippen LogP contribution in [0, 0.1) is 6.92 Å². The third kappa shape index (κ3) is 2.43. The summed E-state index contributed by atoms with van der Waals surface area (Å²) < 4.78 is 0. The van der Waals surface area contributed by atoms with Crippen molar-refractivity contribution in [2.45, 2.75) is 6.92 Å². The molecule has 2 aromatic rings. The van der Waals surface area contributed by atoms with Crippen LogP contribution in [0.5, 0.6) is 5.75 Å². The van der Waals surface area contributed by atoms with Crippen molar-refractivity contribution in [1.29, 1.82) is 0 Å². The number of anilines is 2. The molecule has 1 amide bonds. The second kappa shape index (κ2) is 4.79. The van der Waals surface area contributed by atoms with E-state index in [9.17, 15) is 9.90 Å². The first-order valence-corrected chi connectivity index (χ1v) is 5.53. The van der Waals surface area contributed by atoms with Crippen LogP contribution in [0.15, 0.2) is 42.5 Å². The molecule has 0 saturated carbocycles. The highest BCUT2D eigenvalue weighted by Crippen LogP contribution is 2.22. The second-order valence-corrected chi connectivity index (χ2v) is 4.06. The zero-order valence-electron chi connectivity index (χ0n) is 9.97. The van der Waals surface area contributed by atoms with Gasteiger partial charge < -0.3 is 16.2 Å². The first kappa shape index (κ1) is 12.0. The highest BCUT2D eigenvalue weighted by atomic mass is 16.3. The van der Waals surface area contributed by atoms with Gasteiger partial charge >= 0.3 is 0 Å². The predicted octanol–water partition coefficient (Wildman–Crippen LogP) is 2.54. The molecule has 0 spiro atoms. The Labute approximate surface area is 105 Å². The van der Waals surface area contributed by atoms with E-state index in [0.29, 0.717) is 11.4 Å². The number of aryl methyl sites for hydroxylation is 1. The third-order valence-corrected chi connectivity index (χ3v) is 2.61. The van der Waals surface area contributed by atoms with Crippen molar-refractivity contribution >= 4 is 17.3 Å². The number of phenols is 1. The highest BCUT2D eigenvalue weighted by molar-refractivity contribution is 6.07. The van der Waals surface area contributed by atoms with Gasteiger partial charge in [-0.3, -0.25) is 4.79 Å². The number of nitrogens with two attached hydrogens (primary N) is 1. The van der Waals surface area contributed by atoms with Crippen molar-refractivity contribution in [3.8, 4) is 5.75 Å². The van der Waals surface area contributed by atoms with Gasteiger partial charge in [0.1, 0.15) is 5.75 Å². The number of para-hydroxylation sites is 1. The fourth-order valence-electron chi connectivity index (χ4n) is 1.63. The molecule has 0 aliphatic heterocycles.